The van der Waals surface area contributed by atoms with E-state index >= 15 is 0 Å². The molecule has 3 heteroatoms. The molecule has 0 saturated heterocycles. The van der Waals surface area contributed by atoms with E-state index in [9.17, 15) is 9.18 Å². The zero-order chi connectivity index (χ0) is 14.1. The van der Waals surface area contributed by atoms with Gasteiger partial charge in [0.1, 0.15) is 5.82 Å². The SMILES string of the molecule is Cc1cc(C(=O)c2cncc3ccccc23)ccc1F. The first-order valence-corrected chi connectivity index (χ1v) is 6.30. The van der Waals surface area contributed by atoms with Crippen molar-refractivity contribution >= 4 is 16.6 Å². The fourth-order valence-electron chi connectivity index (χ4n) is 2.24. The molecule has 0 atom stereocenters. The Labute approximate surface area is 115 Å². The van der Waals surface area contributed by atoms with Crippen LogP contribution in [0, 0.1) is 12.7 Å². The minimum absolute atomic E-state index is 0.141. The maximum absolute atomic E-state index is 13.3. The molecule has 20 heavy (non-hydrogen) atoms. The Bertz CT molecular complexity index is 806. The number of carbonyl (C=O) groups excluding carboxylic acids is 1. The second-order valence-electron chi connectivity index (χ2n) is 4.70. The first kappa shape index (κ1) is 12.5. The standard InChI is InChI=1S/C17H12FNO/c1-11-8-12(6-7-16(11)18)17(20)15-10-19-9-13-4-2-3-5-14(13)15/h2-10H,1H3. The molecule has 1 heterocycles. The van der Waals surface area contributed by atoms with Crippen LogP contribution < -0.4 is 0 Å². The number of benzene rings is 2. The maximum atomic E-state index is 13.3. The van der Waals surface area contributed by atoms with Crippen molar-refractivity contribution < 1.29 is 9.18 Å². The van der Waals surface area contributed by atoms with Gasteiger partial charge in [0.2, 0.25) is 0 Å². The van der Waals surface area contributed by atoms with Crippen LogP contribution >= 0.6 is 0 Å². The van der Waals surface area contributed by atoms with Crippen LogP contribution in [0.5, 0.6) is 0 Å². The van der Waals surface area contributed by atoms with Crippen molar-refractivity contribution in [3.63, 3.8) is 0 Å². The Morgan fingerprint density at radius 1 is 1.10 bits per heavy atom. The van der Waals surface area contributed by atoms with E-state index in [4.69, 9.17) is 0 Å². The monoisotopic (exact) mass is 265 g/mol. The van der Waals surface area contributed by atoms with Gasteiger partial charge in [0, 0.05) is 28.9 Å². The first-order chi connectivity index (χ1) is 9.66. The number of aromatic nitrogens is 1. The topological polar surface area (TPSA) is 30.0 Å². The molecule has 0 aliphatic carbocycles. The smallest absolute Gasteiger partial charge is 0.195 e. The lowest BCUT2D eigenvalue weighted by atomic mass is 9.98. The van der Waals surface area contributed by atoms with Crippen molar-refractivity contribution in [1.29, 1.82) is 0 Å². The van der Waals surface area contributed by atoms with Crippen LogP contribution in [0.2, 0.25) is 0 Å². The molecule has 0 amide bonds. The zero-order valence-corrected chi connectivity index (χ0v) is 10.9. The Balaban J connectivity index is 2.15. The van der Waals surface area contributed by atoms with Crippen LogP contribution in [0.1, 0.15) is 21.5 Å². The highest BCUT2D eigenvalue weighted by Gasteiger charge is 2.13. The highest BCUT2D eigenvalue weighted by molar-refractivity contribution is 6.16. The summed E-state index contributed by atoms with van der Waals surface area (Å²) < 4.78 is 13.3. The predicted molar refractivity (Wildman–Crippen MR) is 76.3 cm³/mol. The lowest BCUT2D eigenvalue weighted by molar-refractivity contribution is 0.104. The average molecular weight is 265 g/mol. The fourth-order valence-corrected chi connectivity index (χ4v) is 2.24. The molecule has 98 valence electrons. The summed E-state index contributed by atoms with van der Waals surface area (Å²) in [4.78, 5) is 16.7. The van der Waals surface area contributed by atoms with Gasteiger partial charge in [0.05, 0.1) is 0 Å². The number of pyridine rings is 1. The number of nitrogens with zero attached hydrogens (tertiary/aromatic N) is 1. The second kappa shape index (κ2) is 4.85. The number of fused-ring (bicyclic) bond motifs is 1. The quantitative estimate of drug-likeness (QED) is 0.657. The molecule has 1 aromatic heterocycles. The fraction of sp³-hybridized carbons (Fsp3) is 0.0588. The van der Waals surface area contributed by atoms with E-state index in [2.05, 4.69) is 4.98 Å². The zero-order valence-electron chi connectivity index (χ0n) is 10.9. The molecule has 0 unspecified atom stereocenters. The largest absolute Gasteiger partial charge is 0.289 e. The van der Waals surface area contributed by atoms with E-state index in [1.54, 1.807) is 25.4 Å². The molecular formula is C17H12FNO. The Morgan fingerprint density at radius 2 is 1.90 bits per heavy atom. The van der Waals surface area contributed by atoms with E-state index in [1.165, 1.54) is 12.1 Å². The summed E-state index contributed by atoms with van der Waals surface area (Å²) in [6.07, 6.45) is 3.28. The number of hydrogen-bond acceptors (Lipinski definition) is 2. The van der Waals surface area contributed by atoms with Gasteiger partial charge in [-0.25, -0.2) is 4.39 Å². The molecular weight excluding hydrogens is 253 g/mol. The van der Waals surface area contributed by atoms with Crippen molar-refractivity contribution in [1.82, 2.24) is 4.98 Å². The second-order valence-corrected chi connectivity index (χ2v) is 4.70. The summed E-state index contributed by atoms with van der Waals surface area (Å²) >= 11 is 0. The average Bonchev–Trinajstić information content (AvgIpc) is 2.49. The molecule has 0 aliphatic heterocycles. The summed E-state index contributed by atoms with van der Waals surface area (Å²) in [6.45, 7) is 1.65. The third-order valence-electron chi connectivity index (χ3n) is 3.33. The van der Waals surface area contributed by atoms with Crippen molar-refractivity contribution in [3.05, 3.63) is 77.4 Å². The van der Waals surface area contributed by atoms with Gasteiger partial charge < -0.3 is 0 Å². The normalized spacial score (nSPS) is 10.7. The number of aryl methyl sites for hydroxylation is 1. The summed E-state index contributed by atoms with van der Waals surface area (Å²) in [5.74, 6) is -0.449. The van der Waals surface area contributed by atoms with Crippen LogP contribution in [-0.4, -0.2) is 10.8 Å². The van der Waals surface area contributed by atoms with Crippen LogP contribution in [0.3, 0.4) is 0 Å². The van der Waals surface area contributed by atoms with Gasteiger partial charge in [0.25, 0.3) is 0 Å². The van der Waals surface area contributed by atoms with Gasteiger partial charge >= 0.3 is 0 Å². The minimum atomic E-state index is -0.308. The molecule has 2 aromatic carbocycles. The number of hydrogen-bond donors (Lipinski definition) is 0. The third kappa shape index (κ3) is 2.07. The minimum Gasteiger partial charge on any atom is -0.289 e. The lowest BCUT2D eigenvalue weighted by Crippen LogP contribution is -2.03. The Morgan fingerprint density at radius 3 is 2.70 bits per heavy atom. The van der Waals surface area contributed by atoms with Crippen molar-refractivity contribution in [2.45, 2.75) is 6.92 Å². The van der Waals surface area contributed by atoms with E-state index in [-0.39, 0.29) is 11.6 Å². The van der Waals surface area contributed by atoms with Crippen molar-refractivity contribution in [3.8, 4) is 0 Å². The van der Waals surface area contributed by atoms with Crippen LogP contribution in [0.15, 0.2) is 54.9 Å². The van der Waals surface area contributed by atoms with Gasteiger partial charge in [-0.2, -0.15) is 0 Å². The van der Waals surface area contributed by atoms with Crippen molar-refractivity contribution in [2.75, 3.05) is 0 Å². The van der Waals surface area contributed by atoms with Gasteiger partial charge in [-0.05, 0) is 36.1 Å². The van der Waals surface area contributed by atoms with Gasteiger partial charge in [-0.15, -0.1) is 0 Å². The number of ketones is 1. The van der Waals surface area contributed by atoms with Crippen LogP contribution in [-0.2, 0) is 0 Å². The molecule has 0 bridgehead atoms. The van der Waals surface area contributed by atoms with E-state index < -0.39 is 0 Å². The lowest BCUT2D eigenvalue weighted by Gasteiger charge is -2.06. The molecule has 0 aliphatic rings. The Kier molecular flexibility index (Phi) is 3.03. The molecule has 0 saturated carbocycles. The summed E-state index contributed by atoms with van der Waals surface area (Å²) in [5.41, 5.74) is 1.47. The number of rotatable bonds is 2. The first-order valence-electron chi connectivity index (χ1n) is 6.30. The molecule has 3 rings (SSSR count). The summed E-state index contributed by atoms with van der Waals surface area (Å²) in [7, 11) is 0. The predicted octanol–water partition coefficient (Wildman–Crippen LogP) is 3.91. The van der Waals surface area contributed by atoms with Crippen LogP contribution in [0.25, 0.3) is 10.8 Å². The van der Waals surface area contributed by atoms with Gasteiger partial charge in [-0.1, -0.05) is 24.3 Å². The summed E-state index contributed by atoms with van der Waals surface area (Å²) in [5, 5.41) is 1.77. The maximum Gasteiger partial charge on any atom is 0.195 e. The molecule has 0 radical (unpaired) electrons. The highest BCUT2D eigenvalue weighted by atomic mass is 19.1. The molecule has 2 nitrogen and oxygen atoms in total. The molecule has 0 N–H and O–H groups in total. The van der Waals surface area contributed by atoms with Gasteiger partial charge in [-0.3, -0.25) is 9.78 Å². The van der Waals surface area contributed by atoms with Gasteiger partial charge in [0.15, 0.2) is 5.78 Å². The van der Waals surface area contributed by atoms with E-state index in [1.807, 2.05) is 24.3 Å². The van der Waals surface area contributed by atoms with E-state index in [0.29, 0.717) is 16.7 Å². The summed E-state index contributed by atoms with van der Waals surface area (Å²) in [6, 6.07) is 12.0. The number of carbonyl (C=O) groups is 1. The third-order valence-corrected chi connectivity index (χ3v) is 3.33. The van der Waals surface area contributed by atoms with Crippen molar-refractivity contribution in [2.24, 2.45) is 0 Å². The molecule has 0 spiro atoms. The molecule has 3 aromatic rings. The Hall–Kier alpha value is -2.55. The van der Waals surface area contributed by atoms with E-state index in [0.717, 1.165) is 10.8 Å². The highest BCUT2D eigenvalue weighted by Crippen LogP contribution is 2.21. The van der Waals surface area contributed by atoms with Crippen LogP contribution in [0.4, 0.5) is 4.39 Å². The number of halogens is 1. The molecule has 0 fully saturated rings.